The molecule has 9 heteroatoms. The molecule has 0 spiro atoms. The second kappa shape index (κ2) is 9.03. The van der Waals surface area contributed by atoms with E-state index in [4.69, 9.17) is 9.84 Å². The Morgan fingerprint density at radius 2 is 1.88 bits per heavy atom. The maximum absolute atomic E-state index is 12.1. The van der Waals surface area contributed by atoms with Crippen LogP contribution in [0.25, 0.3) is 0 Å². The van der Waals surface area contributed by atoms with Gasteiger partial charge in [0.25, 0.3) is 5.91 Å². The number of halogens is 1. The highest BCUT2D eigenvalue weighted by Crippen LogP contribution is 2.17. The third-order valence-corrected chi connectivity index (χ3v) is 5.53. The number of amides is 1. The van der Waals surface area contributed by atoms with Crippen LogP contribution in [-0.4, -0.2) is 49.1 Å². The topological polar surface area (TPSA) is 110 Å². The number of hydrogen-bond donors (Lipinski definition) is 2. The SMILES string of the molecule is CCS(=O)(=O)CCC(NC(=O)C(C)Oc1ccc(Br)cc1)C(=O)O. The Balaban J connectivity index is 2.63. The first kappa shape index (κ1) is 20.4. The molecule has 0 saturated carbocycles. The average molecular weight is 422 g/mol. The van der Waals surface area contributed by atoms with Crippen LogP contribution in [0.15, 0.2) is 28.7 Å². The monoisotopic (exact) mass is 421 g/mol. The molecule has 2 N–H and O–H groups in total. The second-order valence-corrected chi connectivity index (χ2v) is 8.53. The smallest absolute Gasteiger partial charge is 0.326 e. The van der Waals surface area contributed by atoms with Gasteiger partial charge in [-0.2, -0.15) is 0 Å². The summed E-state index contributed by atoms with van der Waals surface area (Å²) in [6.45, 7) is 2.97. The standard InChI is InChI=1S/C15H20BrNO6S/c1-3-24(21,22)9-8-13(15(19)20)17-14(18)10(2)23-12-6-4-11(16)5-7-12/h4-7,10,13H,3,8-9H2,1-2H3,(H,17,18)(H,19,20). The van der Waals surface area contributed by atoms with Crippen molar-refractivity contribution in [2.24, 2.45) is 0 Å². The van der Waals surface area contributed by atoms with Crippen molar-refractivity contribution in [3.05, 3.63) is 28.7 Å². The first-order chi connectivity index (χ1) is 11.1. The van der Waals surface area contributed by atoms with Gasteiger partial charge in [-0.15, -0.1) is 0 Å². The molecule has 1 amide bonds. The van der Waals surface area contributed by atoms with Crippen molar-refractivity contribution >= 4 is 37.6 Å². The lowest BCUT2D eigenvalue weighted by molar-refractivity contribution is -0.142. The van der Waals surface area contributed by atoms with Gasteiger partial charge in [0.1, 0.15) is 21.6 Å². The summed E-state index contributed by atoms with van der Waals surface area (Å²) in [6, 6.07) is 5.53. The molecule has 0 aliphatic rings. The number of ether oxygens (including phenoxy) is 1. The number of carboxylic acid groups (broad SMARTS) is 1. The van der Waals surface area contributed by atoms with Crippen LogP contribution in [0.3, 0.4) is 0 Å². The Morgan fingerprint density at radius 3 is 2.38 bits per heavy atom. The van der Waals surface area contributed by atoms with Crippen molar-refractivity contribution in [1.82, 2.24) is 5.32 Å². The van der Waals surface area contributed by atoms with Gasteiger partial charge in [-0.3, -0.25) is 4.79 Å². The van der Waals surface area contributed by atoms with E-state index >= 15 is 0 Å². The maximum Gasteiger partial charge on any atom is 0.326 e. The normalized spacial score (nSPS) is 13.8. The largest absolute Gasteiger partial charge is 0.481 e. The van der Waals surface area contributed by atoms with Gasteiger partial charge in [-0.25, -0.2) is 13.2 Å². The number of carbonyl (C=O) groups excluding carboxylic acids is 1. The van der Waals surface area contributed by atoms with Crippen LogP contribution in [0.5, 0.6) is 5.75 Å². The zero-order chi connectivity index (χ0) is 18.3. The highest BCUT2D eigenvalue weighted by atomic mass is 79.9. The van der Waals surface area contributed by atoms with E-state index in [9.17, 15) is 18.0 Å². The zero-order valence-corrected chi connectivity index (χ0v) is 15.8. The minimum absolute atomic E-state index is 0.0730. The molecule has 0 aliphatic heterocycles. The molecule has 0 radical (unpaired) electrons. The fraction of sp³-hybridized carbons (Fsp3) is 0.467. The van der Waals surface area contributed by atoms with E-state index in [0.29, 0.717) is 5.75 Å². The molecule has 2 unspecified atom stereocenters. The molecule has 0 fully saturated rings. The zero-order valence-electron chi connectivity index (χ0n) is 13.4. The summed E-state index contributed by atoms with van der Waals surface area (Å²) in [5.74, 6) is -1.83. The molecule has 1 aromatic carbocycles. The van der Waals surface area contributed by atoms with Gasteiger partial charge in [-0.1, -0.05) is 22.9 Å². The van der Waals surface area contributed by atoms with Gasteiger partial charge in [0.15, 0.2) is 6.10 Å². The van der Waals surface area contributed by atoms with Crippen LogP contribution in [0, 0.1) is 0 Å². The number of benzene rings is 1. The summed E-state index contributed by atoms with van der Waals surface area (Å²) in [7, 11) is -3.31. The Bertz CT molecular complexity index is 674. The first-order valence-corrected chi connectivity index (χ1v) is 9.92. The molecule has 24 heavy (non-hydrogen) atoms. The van der Waals surface area contributed by atoms with Crippen LogP contribution in [0.4, 0.5) is 0 Å². The van der Waals surface area contributed by atoms with E-state index in [1.807, 2.05) is 0 Å². The Labute approximate surface area is 149 Å². The predicted molar refractivity (Wildman–Crippen MR) is 92.7 cm³/mol. The summed E-state index contributed by atoms with van der Waals surface area (Å²) in [5, 5.41) is 11.4. The van der Waals surface area contributed by atoms with Crippen molar-refractivity contribution in [3.8, 4) is 5.75 Å². The van der Waals surface area contributed by atoms with Crippen LogP contribution in [-0.2, 0) is 19.4 Å². The molecule has 134 valence electrons. The summed E-state index contributed by atoms with van der Waals surface area (Å²) < 4.78 is 29.3. The van der Waals surface area contributed by atoms with Gasteiger partial charge < -0.3 is 15.2 Å². The predicted octanol–water partition coefficient (Wildman–Crippen LogP) is 1.61. The van der Waals surface area contributed by atoms with E-state index in [2.05, 4.69) is 21.2 Å². The minimum Gasteiger partial charge on any atom is -0.481 e. The maximum atomic E-state index is 12.1. The second-order valence-electron chi connectivity index (χ2n) is 5.14. The molecule has 0 saturated heterocycles. The van der Waals surface area contributed by atoms with E-state index in [1.165, 1.54) is 13.8 Å². The summed E-state index contributed by atoms with van der Waals surface area (Å²) in [6.07, 6.45) is -1.11. The fourth-order valence-corrected chi connectivity index (χ4v) is 2.91. The third-order valence-electron chi connectivity index (χ3n) is 3.27. The molecule has 1 aromatic rings. The van der Waals surface area contributed by atoms with Gasteiger partial charge in [0.05, 0.1) is 5.75 Å². The van der Waals surface area contributed by atoms with Crippen LogP contribution < -0.4 is 10.1 Å². The van der Waals surface area contributed by atoms with Crippen molar-refractivity contribution in [2.45, 2.75) is 32.4 Å². The van der Waals surface area contributed by atoms with Crippen LogP contribution >= 0.6 is 15.9 Å². The highest BCUT2D eigenvalue weighted by molar-refractivity contribution is 9.10. The number of aliphatic carboxylic acids is 1. The van der Waals surface area contributed by atoms with E-state index in [1.54, 1.807) is 24.3 Å². The van der Waals surface area contributed by atoms with Crippen molar-refractivity contribution in [3.63, 3.8) is 0 Å². The minimum atomic E-state index is -3.31. The highest BCUT2D eigenvalue weighted by Gasteiger charge is 2.25. The quantitative estimate of drug-likeness (QED) is 0.626. The van der Waals surface area contributed by atoms with Gasteiger partial charge in [-0.05, 0) is 37.6 Å². The Morgan fingerprint density at radius 1 is 1.29 bits per heavy atom. The van der Waals surface area contributed by atoms with Crippen LogP contribution in [0.2, 0.25) is 0 Å². The van der Waals surface area contributed by atoms with Gasteiger partial charge >= 0.3 is 5.97 Å². The molecule has 0 aliphatic carbocycles. The lowest BCUT2D eigenvalue weighted by Crippen LogP contribution is -2.47. The number of carbonyl (C=O) groups is 2. The van der Waals surface area contributed by atoms with Crippen molar-refractivity contribution < 1.29 is 27.9 Å². The Hall–Kier alpha value is -1.61. The van der Waals surface area contributed by atoms with Crippen molar-refractivity contribution in [2.75, 3.05) is 11.5 Å². The fourth-order valence-electron chi connectivity index (χ4n) is 1.76. The number of nitrogens with one attached hydrogen (secondary N) is 1. The molecular weight excluding hydrogens is 402 g/mol. The lowest BCUT2D eigenvalue weighted by atomic mass is 10.2. The van der Waals surface area contributed by atoms with Crippen LogP contribution in [0.1, 0.15) is 20.3 Å². The Kier molecular flexibility index (Phi) is 7.68. The molecule has 0 aromatic heterocycles. The average Bonchev–Trinajstić information content (AvgIpc) is 2.53. The van der Waals surface area contributed by atoms with Gasteiger partial charge in [0, 0.05) is 10.2 Å². The molecular formula is C15H20BrNO6S. The summed E-state index contributed by atoms with van der Waals surface area (Å²) in [5.41, 5.74) is 0. The summed E-state index contributed by atoms with van der Waals surface area (Å²) in [4.78, 5) is 23.3. The third kappa shape index (κ3) is 6.88. The number of rotatable bonds is 9. The number of sulfone groups is 1. The van der Waals surface area contributed by atoms with E-state index in [0.717, 1.165) is 4.47 Å². The molecule has 2 atom stereocenters. The molecule has 0 bridgehead atoms. The number of hydrogen-bond acceptors (Lipinski definition) is 5. The molecule has 1 rings (SSSR count). The summed E-state index contributed by atoms with van der Waals surface area (Å²) >= 11 is 3.28. The lowest BCUT2D eigenvalue weighted by Gasteiger charge is -2.19. The molecule has 7 nitrogen and oxygen atoms in total. The van der Waals surface area contributed by atoms with E-state index < -0.39 is 33.9 Å². The number of carboxylic acids is 1. The van der Waals surface area contributed by atoms with Gasteiger partial charge in [0.2, 0.25) is 0 Å². The molecule has 0 heterocycles. The first-order valence-electron chi connectivity index (χ1n) is 7.30. The van der Waals surface area contributed by atoms with Crippen molar-refractivity contribution in [1.29, 1.82) is 0 Å². The van der Waals surface area contributed by atoms with E-state index in [-0.39, 0.29) is 17.9 Å².